The van der Waals surface area contributed by atoms with Crippen molar-refractivity contribution < 1.29 is 17.6 Å². The Hall–Kier alpha value is -2.41. The molecule has 2 rings (SSSR count). The van der Waals surface area contributed by atoms with E-state index in [1.807, 2.05) is 0 Å². The molecule has 2 aromatic rings. The molecule has 1 amide bonds. The van der Waals surface area contributed by atoms with Gasteiger partial charge in [-0.15, -0.1) is 0 Å². The van der Waals surface area contributed by atoms with E-state index in [9.17, 15) is 17.6 Å². The molecular formula is C14H13FN2O3S. The molecule has 7 heteroatoms. The van der Waals surface area contributed by atoms with E-state index in [1.165, 1.54) is 12.1 Å². The minimum absolute atomic E-state index is 0.227. The van der Waals surface area contributed by atoms with Gasteiger partial charge in [0.25, 0.3) is 0 Å². The van der Waals surface area contributed by atoms with E-state index in [2.05, 4.69) is 5.32 Å². The summed E-state index contributed by atoms with van der Waals surface area (Å²) in [4.78, 5) is 11.5. The van der Waals surface area contributed by atoms with Gasteiger partial charge in [-0.05, 0) is 42.5 Å². The van der Waals surface area contributed by atoms with Crippen LogP contribution in [-0.4, -0.2) is 20.1 Å². The van der Waals surface area contributed by atoms with Crippen LogP contribution in [0.15, 0.2) is 53.4 Å². The minimum atomic E-state index is -3.89. The SMILES string of the molecule is Nc1ccc(NC(=O)CS(=O)(=O)c2cccc(F)c2)cc1. The molecule has 110 valence electrons. The molecule has 0 unspecified atom stereocenters. The molecule has 0 aliphatic heterocycles. The fourth-order valence-electron chi connectivity index (χ4n) is 1.68. The maximum absolute atomic E-state index is 13.0. The lowest BCUT2D eigenvalue weighted by Crippen LogP contribution is -2.23. The van der Waals surface area contributed by atoms with Gasteiger partial charge in [0.1, 0.15) is 11.6 Å². The van der Waals surface area contributed by atoms with Crippen LogP contribution in [0, 0.1) is 5.82 Å². The van der Waals surface area contributed by atoms with Crippen LogP contribution >= 0.6 is 0 Å². The Morgan fingerprint density at radius 1 is 1.14 bits per heavy atom. The molecule has 0 saturated carbocycles. The van der Waals surface area contributed by atoms with E-state index in [0.717, 1.165) is 12.1 Å². The Kier molecular flexibility index (Phi) is 4.23. The van der Waals surface area contributed by atoms with Gasteiger partial charge in [-0.3, -0.25) is 4.79 Å². The van der Waals surface area contributed by atoms with Gasteiger partial charge in [0, 0.05) is 11.4 Å². The number of halogens is 1. The number of anilines is 2. The maximum Gasteiger partial charge on any atom is 0.239 e. The lowest BCUT2D eigenvalue weighted by atomic mass is 10.3. The molecule has 0 aromatic heterocycles. The molecule has 0 fully saturated rings. The normalized spacial score (nSPS) is 11.1. The molecule has 0 radical (unpaired) electrons. The second-order valence-corrected chi connectivity index (χ2v) is 6.38. The van der Waals surface area contributed by atoms with Gasteiger partial charge in [0.2, 0.25) is 5.91 Å². The number of carbonyl (C=O) groups excluding carboxylic acids is 1. The fourth-order valence-corrected chi connectivity index (χ4v) is 2.84. The van der Waals surface area contributed by atoms with Gasteiger partial charge in [-0.1, -0.05) is 6.07 Å². The highest BCUT2D eigenvalue weighted by molar-refractivity contribution is 7.92. The Labute approximate surface area is 121 Å². The first-order valence-electron chi connectivity index (χ1n) is 6.00. The summed E-state index contributed by atoms with van der Waals surface area (Å²) in [6, 6.07) is 10.8. The predicted octanol–water partition coefficient (Wildman–Crippen LogP) is 1.82. The molecule has 5 nitrogen and oxygen atoms in total. The van der Waals surface area contributed by atoms with Gasteiger partial charge in [0.05, 0.1) is 4.90 Å². The molecule has 0 saturated heterocycles. The van der Waals surface area contributed by atoms with E-state index in [0.29, 0.717) is 11.4 Å². The molecular weight excluding hydrogens is 295 g/mol. The molecule has 0 aliphatic carbocycles. The van der Waals surface area contributed by atoms with Gasteiger partial charge in [0.15, 0.2) is 9.84 Å². The second-order valence-electron chi connectivity index (χ2n) is 4.39. The summed E-state index contributed by atoms with van der Waals surface area (Å²) in [5.41, 5.74) is 6.47. The van der Waals surface area contributed by atoms with Crippen molar-refractivity contribution in [1.82, 2.24) is 0 Å². The lowest BCUT2D eigenvalue weighted by Gasteiger charge is -2.07. The average Bonchev–Trinajstić information content (AvgIpc) is 2.41. The van der Waals surface area contributed by atoms with Crippen molar-refractivity contribution in [2.75, 3.05) is 16.8 Å². The van der Waals surface area contributed by atoms with Crippen molar-refractivity contribution >= 4 is 27.1 Å². The van der Waals surface area contributed by atoms with Crippen molar-refractivity contribution in [3.05, 3.63) is 54.3 Å². The van der Waals surface area contributed by atoms with Crippen LogP contribution < -0.4 is 11.1 Å². The number of amides is 1. The number of hydrogen-bond donors (Lipinski definition) is 2. The number of hydrogen-bond acceptors (Lipinski definition) is 4. The van der Waals surface area contributed by atoms with Gasteiger partial charge in [-0.25, -0.2) is 12.8 Å². The first-order chi connectivity index (χ1) is 9.87. The largest absolute Gasteiger partial charge is 0.399 e. The van der Waals surface area contributed by atoms with Crippen molar-refractivity contribution in [2.45, 2.75) is 4.90 Å². The zero-order valence-corrected chi connectivity index (χ0v) is 11.7. The third kappa shape index (κ3) is 4.03. The highest BCUT2D eigenvalue weighted by Gasteiger charge is 2.19. The first kappa shape index (κ1) is 15.0. The monoisotopic (exact) mass is 308 g/mol. The number of nitrogens with one attached hydrogen (secondary N) is 1. The van der Waals surface area contributed by atoms with Crippen LogP contribution in [0.3, 0.4) is 0 Å². The molecule has 3 N–H and O–H groups in total. The maximum atomic E-state index is 13.0. The molecule has 21 heavy (non-hydrogen) atoms. The standard InChI is InChI=1S/C14H13FN2O3S/c15-10-2-1-3-13(8-10)21(19,20)9-14(18)17-12-6-4-11(16)5-7-12/h1-8H,9,16H2,(H,17,18). The highest BCUT2D eigenvalue weighted by Crippen LogP contribution is 2.14. The quantitative estimate of drug-likeness (QED) is 0.843. The molecule has 2 aromatic carbocycles. The molecule has 0 aliphatic rings. The number of nitrogens with two attached hydrogens (primary N) is 1. The molecule has 0 heterocycles. The van der Waals surface area contributed by atoms with Crippen molar-refractivity contribution in [3.63, 3.8) is 0 Å². The highest BCUT2D eigenvalue weighted by atomic mass is 32.2. The molecule has 0 bridgehead atoms. The Bertz CT molecular complexity index is 758. The lowest BCUT2D eigenvalue weighted by molar-refractivity contribution is -0.113. The van der Waals surface area contributed by atoms with Crippen molar-refractivity contribution in [3.8, 4) is 0 Å². The van der Waals surface area contributed by atoms with Crippen molar-refractivity contribution in [2.24, 2.45) is 0 Å². The number of sulfone groups is 1. The van der Waals surface area contributed by atoms with E-state index < -0.39 is 27.3 Å². The van der Waals surface area contributed by atoms with Crippen molar-refractivity contribution in [1.29, 1.82) is 0 Å². The van der Waals surface area contributed by atoms with Crippen LogP contribution in [0.1, 0.15) is 0 Å². The predicted molar refractivity (Wildman–Crippen MR) is 77.9 cm³/mol. The average molecular weight is 308 g/mol. The molecule has 0 atom stereocenters. The minimum Gasteiger partial charge on any atom is -0.399 e. The fraction of sp³-hybridized carbons (Fsp3) is 0.0714. The first-order valence-corrected chi connectivity index (χ1v) is 7.66. The second kappa shape index (κ2) is 5.92. The zero-order valence-electron chi connectivity index (χ0n) is 10.9. The Morgan fingerprint density at radius 3 is 2.43 bits per heavy atom. The summed E-state index contributed by atoms with van der Waals surface area (Å²) in [5, 5.41) is 2.44. The van der Waals surface area contributed by atoms with Crippen LogP contribution in [0.2, 0.25) is 0 Å². The summed E-state index contributed by atoms with van der Waals surface area (Å²) in [6.07, 6.45) is 0. The zero-order chi connectivity index (χ0) is 15.5. The topological polar surface area (TPSA) is 89.3 Å². The number of nitrogen functional groups attached to an aromatic ring is 1. The number of rotatable bonds is 4. The van der Waals surface area contributed by atoms with E-state index >= 15 is 0 Å². The van der Waals surface area contributed by atoms with Gasteiger partial charge in [-0.2, -0.15) is 0 Å². The third-order valence-corrected chi connectivity index (χ3v) is 4.29. The van der Waals surface area contributed by atoms with Crippen LogP contribution in [0.25, 0.3) is 0 Å². The van der Waals surface area contributed by atoms with Crippen LogP contribution in [0.4, 0.5) is 15.8 Å². The molecule has 0 spiro atoms. The summed E-state index contributed by atoms with van der Waals surface area (Å²) in [6.45, 7) is 0. The summed E-state index contributed by atoms with van der Waals surface area (Å²) in [7, 11) is -3.89. The van der Waals surface area contributed by atoms with Crippen LogP contribution in [0.5, 0.6) is 0 Å². The van der Waals surface area contributed by atoms with E-state index in [4.69, 9.17) is 5.73 Å². The van der Waals surface area contributed by atoms with Crippen LogP contribution in [-0.2, 0) is 14.6 Å². The number of carbonyl (C=O) groups is 1. The third-order valence-electron chi connectivity index (χ3n) is 2.67. The van der Waals surface area contributed by atoms with Gasteiger partial charge >= 0.3 is 0 Å². The van der Waals surface area contributed by atoms with E-state index in [-0.39, 0.29) is 4.90 Å². The summed E-state index contributed by atoms with van der Waals surface area (Å²) in [5.74, 6) is -2.14. The smallest absolute Gasteiger partial charge is 0.239 e. The van der Waals surface area contributed by atoms with E-state index in [1.54, 1.807) is 24.3 Å². The van der Waals surface area contributed by atoms with Gasteiger partial charge < -0.3 is 11.1 Å². The summed E-state index contributed by atoms with van der Waals surface area (Å²) >= 11 is 0. The number of benzene rings is 2. The Balaban J connectivity index is 2.09. The Morgan fingerprint density at radius 2 is 1.81 bits per heavy atom. The summed E-state index contributed by atoms with van der Waals surface area (Å²) < 4.78 is 37.0.